The van der Waals surface area contributed by atoms with E-state index in [0.717, 1.165) is 29.0 Å². The maximum absolute atomic E-state index is 13.2. The summed E-state index contributed by atoms with van der Waals surface area (Å²) in [6.45, 7) is 6.33. The van der Waals surface area contributed by atoms with E-state index in [2.05, 4.69) is 32.9 Å². The lowest BCUT2D eigenvalue weighted by molar-refractivity contribution is -0.119. The summed E-state index contributed by atoms with van der Waals surface area (Å²) in [6, 6.07) is 6.42. The topological polar surface area (TPSA) is 73.4 Å². The van der Waals surface area contributed by atoms with Gasteiger partial charge in [-0.1, -0.05) is 20.8 Å². The van der Waals surface area contributed by atoms with E-state index in [1.54, 1.807) is 11.3 Å². The van der Waals surface area contributed by atoms with Crippen LogP contribution in [0.15, 0.2) is 34.8 Å². The van der Waals surface area contributed by atoms with Crippen LogP contribution in [-0.2, 0) is 11.2 Å². The van der Waals surface area contributed by atoms with E-state index in [1.807, 2.05) is 30.2 Å². The van der Waals surface area contributed by atoms with Crippen molar-refractivity contribution >= 4 is 17.1 Å². The number of rotatable bonds is 3. The number of nitrogens with zero attached hydrogens (tertiary/aromatic N) is 3. The average molecular weight is 371 g/mol. The number of thiophene rings is 1. The fourth-order valence-electron chi connectivity index (χ4n) is 3.97. The van der Waals surface area contributed by atoms with Crippen molar-refractivity contribution in [1.29, 1.82) is 5.26 Å². The summed E-state index contributed by atoms with van der Waals surface area (Å²) in [5, 5.41) is 13.6. The van der Waals surface area contributed by atoms with Crippen molar-refractivity contribution in [2.24, 2.45) is 11.1 Å². The third-order valence-electron chi connectivity index (χ3n) is 5.07. The Kier molecular flexibility index (Phi) is 4.72. The molecule has 138 valence electrons. The van der Waals surface area contributed by atoms with E-state index in [0.29, 0.717) is 17.8 Å². The summed E-state index contributed by atoms with van der Waals surface area (Å²) in [5.74, 6) is 0.207. The van der Waals surface area contributed by atoms with E-state index in [1.165, 1.54) is 4.88 Å². The van der Waals surface area contributed by atoms with Crippen LogP contribution in [0, 0.1) is 16.7 Å². The molecule has 1 aromatic rings. The molecule has 0 aromatic carbocycles. The fraction of sp³-hybridized carbons (Fsp3) is 0.500. The zero-order chi connectivity index (χ0) is 19.2. The SMILES string of the molecule is CCc1ccc([C@@H]2C(C#N)=C(N)N(N(C)C)C3=C2C(=O)CC(C)(C)C3)s1. The molecule has 0 amide bonds. The molecule has 1 aliphatic carbocycles. The average Bonchev–Trinajstić information content (AvgIpc) is 3.00. The lowest BCUT2D eigenvalue weighted by Crippen LogP contribution is -2.47. The molecule has 0 spiro atoms. The predicted molar refractivity (Wildman–Crippen MR) is 104 cm³/mol. The highest BCUT2D eigenvalue weighted by Crippen LogP contribution is 2.50. The van der Waals surface area contributed by atoms with Gasteiger partial charge < -0.3 is 5.73 Å². The molecule has 0 saturated carbocycles. The first-order valence-corrected chi connectivity index (χ1v) is 9.73. The van der Waals surface area contributed by atoms with Crippen molar-refractivity contribution < 1.29 is 4.79 Å². The largest absolute Gasteiger partial charge is 0.383 e. The Labute approximate surface area is 159 Å². The highest BCUT2D eigenvalue weighted by Gasteiger charge is 2.45. The van der Waals surface area contributed by atoms with Gasteiger partial charge in [0, 0.05) is 41.5 Å². The van der Waals surface area contributed by atoms with Gasteiger partial charge in [-0.05, 0) is 30.4 Å². The molecule has 0 saturated heterocycles. The van der Waals surface area contributed by atoms with Crippen molar-refractivity contribution in [2.75, 3.05) is 14.1 Å². The summed E-state index contributed by atoms with van der Waals surface area (Å²) in [4.78, 5) is 15.4. The first-order valence-electron chi connectivity index (χ1n) is 8.92. The Morgan fingerprint density at radius 3 is 2.62 bits per heavy atom. The number of nitrogens with two attached hydrogens (primary N) is 1. The number of hydrogen-bond acceptors (Lipinski definition) is 6. The van der Waals surface area contributed by atoms with Crippen LogP contribution in [0.2, 0.25) is 0 Å². The van der Waals surface area contributed by atoms with Gasteiger partial charge in [-0.3, -0.25) is 9.80 Å². The van der Waals surface area contributed by atoms with Gasteiger partial charge in [0.05, 0.1) is 17.6 Å². The molecule has 3 rings (SSSR count). The van der Waals surface area contributed by atoms with E-state index < -0.39 is 0 Å². The second-order valence-electron chi connectivity index (χ2n) is 7.96. The quantitative estimate of drug-likeness (QED) is 0.881. The second-order valence-corrected chi connectivity index (χ2v) is 9.16. The monoisotopic (exact) mass is 370 g/mol. The van der Waals surface area contributed by atoms with Gasteiger partial charge in [0.25, 0.3) is 0 Å². The van der Waals surface area contributed by atoms with E-state index >= 15 is 0 Å². The molecule has 1 atom stereocenters. The third kappa shape index (κ3) is 2.95. The Morgan fingerprint density at radius 2 is 2.08 bits per heavy atom. The molecular weight excluding hydrogens is 344 g/mol. The van der Waals surface area contributed by atoms with E-state index in [4.69, 9.17) is 5.73 Å². The number of aryl methyl sites for hydroxylation is 1. The molecular formula is C20H26N4OS. The van der Waals surface area contributed by atoms with Crippen LogP contribution in [0.25, 0.3) is 0 Å². The van der Waals surface area contributed by atoms with Crippen LogP contribution in [0.3, 0.4) is 0 Å². The molecule has 26 heavy (non-hydrogen) atoms. The van der Waals surface area contributed by atoms with E-state index in [-0.39, 0.29) is 17.1 Å². The number of ketones is 1. The Bertz CT molecular complexity index is 853. The lowest BCUT2D eigenvalue weighted by Gasteiger charge is -2.45. The van der Waals surface area contributed by atoms with Gasteiger partial charge in [0.2, 0.25) is 0 Å². The summed E-state index contributed by atoms with van der Waals surface area (Å²) in [7, 11) is 3.78. The highest BCUT2D eigenvalue weighted by molar-refractivity contribution is 7.12. The second kappa shape index (κ2) is 6.57. The normalized spacial score (nSPS) is 22.7. The van der Waals surface area contributed by atoms with Crippen LogP contribution < -0.4 is 5.73 Å². The fourth-order valence-corrected chi connectivity index (χ4v) is 5.05. The lowest BCUT2D eigenvalue weighted by atomic mass is 9.70. The van der Waals surface area contributed by atoms with Crippen LogP contribution in [-0.4, -0.2) is 29.9 Å². The van der Waals surface area contributed by atoms with Crippen molar-refractivity contribution in [3.8, 4) is 6.07 Å². The first-order chi connectivity index (χ1) is 12.2. The zero-order valence-corrected chi connectivity index (χ0v) is 16.9. The minimum absolute atomic E-state index is 0.122. The Hall–Kier alpha value is -2.10. The molecule has 0 fully saturated rings. The van der Waals surface area contributed by atoms with Crippen LogP contribution in [0.5, 0.6) is 0 Å². The summed E-state index contributed by atoms with van der Waals surface area (Å²) in [5.41, 5.74) is 8.47. The van der Waals surface area contributed by atoms with Gasteiger partial charge in [-0.15, -0.1) is 11.3 Å². The van der Waals surface area contributed by atoms with Gasteiger partial charge in [-0.2, -0.15) is 5.26 Å². The maximum atomic E-state index is 13.2. The predicted octanol–water partition coefficient (Wildman–Crippen LogP) is 3.52. The minimum atomic E-state index is -0.347. The number of allylic oxidation sites excluding steroid dienone is 3. The molecule has 5 nitrogen and oxygen atoms in total. The van der Waals surface area contributed by atoms with Crippen molar-refractivity contribution in [2.45, 2.75) is 46.0 Å². The minimum Gasteiger partial charge on any atom is -0.383 e. The Morgan fingerprint density at radius 1 is 1.38 bits per heavy atom. The number of hydrazine groups is 1. The summed E-state index contributed by atoms with van der Waals surface area (Å²) in [6.07, 6.45) is 2.19. The first kappa shape index (κ1) is 18.7. The molecule has 1 aromatic heterocycles. The molecule has 0 radical (unpaired) electrons. The highest BCUT2D eigenvalue weighted by atomic mass is 32.1. The van der Waals surface area contributed by atoms with Gasteiger partial charge in [0.15, 0.2) is 5.78 Å². The van der Waals surface area contributed by atoms with Gasteiger partial charge in [0.1, 0.15) is 5.82 Å². The molecule has 2 N–H and O–H groups in total. The van der Waals surface area contributed by atoms with Crippen molar-refractivity contribution in [1.82, 2.24) is 10.0 Å². The van der Waals surface area contributed by atoms with E-state index in [9.17, 15) is 10.1 Å². The third-order valence-corrected chi connectivity index (χ3v) is 6.36. The van der Waals surface area contributed by atoms with Crippen molar-refractivity contribution in [3.63, 3.8) is 0 Å². The number of carbonyl (C=O) groups is 1. The van der Waals surface area contributed by atoms with Crippen LogP contribution in [0.4, 0.5) is 0 Å². The summed E-state index contributed by atoms with van der Waals surface area (Å²) < 4.78 is 0. The maximum Gasteiger partial charge on any atom is 0.162 e. The standard InChI is InChI=1S/C20H26N4OS/c1-6-12-7-8-16(26-12)17-13(11-21)19(22)24(23(4)5)14-9-20(2,3)10-15(25)18(14)17/h7-8,17H,6,9-10,22H2,1-5H3/t17-/m0/s1. The van der Waals surface area contributed by atoms with Gasteiger partial charge >= 0.3 is 0 Å². The number of carbonyl (C=O) groups excluding carboxylic acids is 1. The van der Waals surface area contributed by atoms with Crippen LogP contribution in [0.1, 0.15) is 49.3 Å². The molecule has 6 heteroatoms. The molecule has 0 unspecified atom stereocenters. The van der Waals surface area contributed by atoms with Gasteiger partial charge in [-0.25, -0.2) is 5.01 Å². The van der Waals surface area contributed by atoms with Crippen LogP contribution >= 0.6 is 11.3 Å². The number of Topliss-reactive ketones (excluding diaryl/α,β-unsaturated/α-hetero) is 1. The summed E-state index contributed by atoms with van der Waals surface area (Å²) >= 11 is 1.67. The number of hydrogen-bond donors (Lipinski definition) is 1. The molecule has 2 heterocycles. The smallest absolute Gasteiger partial charge is 0.162 e. The molecule has 2 aliphatic rings. The molecule has 0 bridgehead atoms. The molecule has 1 aliphatic heterocycles. The Balaban J connectivity index is 2.25. The number of nitriles is 1. The zero-order valence-electron chi connectivity index (χ0n) is 16.1. The van der Waals surface area contributed by atoms with Crippen molar-refractivity contribution in [3.05, 3.63) is 44.6 Å².